The van der Waals surface area contributed by atoms with Crippen molar-refractivity contribution in [3.63, 3.8) is 0 Å². The molecule has 2 aromatic rings. The third-order valence-electron chi connectivity index (χ3n) is 4.78. The highest BCUT2D eigenvalue weighted by atomic mass is 16.5. The summed E-state index contributed by atoms with van der Waals surface area (Å²) in [6, 6.07) is 16.8. The number of anilines is 1. The number of ether oxygens (including phenoxy) is 2. The van der Waals surface area contributed by atoms with E-state index in [0.29, 0.717) is 13.2 Å². The van der Waals surface area contributed by atoms with Gasteiger partial charge in [0.2, 0.25) is 0 Å². The lowest BCUT2D eigenvalue weighted by molar-refractivity contribution is 0.247. The van der Waals surface area contributed by atoms with Gasteiger partial charge in [-0.15, -0.1) is 0 Å². The van der Waals surface area contributed by atoms with Crippen LogP contribution in [-0.2, 0) is 0 Å². The SMILES string of the molecule is CCCCCCCCCCOc1ccc(NC(=O)NCCOc2ccccc2)cc1. The average molecular weight is 413 g/mol. The van der Waals surface area contributed by atoms with Crippen LogP contribution in [0.25, 0.3) is 0 Å². The van der Waals surface area contributed by atoms with Gasteiger partial charge in [-0.05, 0) is 42.8 Å². The number of unbranched alkanes of at least 4 members (excludes halogenated alkanes) is 7. The summed E-state index contributed by atoms with van der Waals surface area (Å²) in [7, 11) is 0. The van der Waals surface area contributed by atoms with Crippen LogP contribution >= 0.6 is 0 Å². The van der Waals surface area contributed by atoms with Crippen molar-refractivity contribution in [2.75, 3.05) is 25.1 Å². The van der Waals surface area contributed by atoms with Crippen LogP contribution in [0.1, 0.15) is 58.3 Å². The Bertz CT molecular complexity index is 689. The number of urea groups is 1. The Kier molecular flexibility index (Phi) is 11.9. The molecule has 2 aromatic carbocycles. The van der Waals surface area contributed by atoms with Gasteiger partial charge in [-0.1, -0.05) is 70.1 Å². The molecule has 0 aliphatic carbocycles. The van der Waals surface area contributed by atoms with Crippen LogP contribution in [0.5, 0.6) is 11.5 Å². The van der Waals surface area contributed by atoms with E-state index in [4.69, 9.17) is 9.47 Å². The molecule has 5 heteroatoms. The first-order valence-electron chi connectivity index (χ1n) is 11.2. The molecule has 0 unspecified atom stereocenters. The normalized spacial score (nSPS) is 10.4. The van der Waals surface area contributed by atoms with Crippen molar-refractivity contribution in [1.82, 2.24) is 5.32 Å². The van der Waals surface area contributed by atoms with Gasteiger partial charge < -0.3 is 20.1 Å². The summed E-state index contributed by atoms with van der Waals surface area (Å²) in [4.78, 5) is 12.0. The summed E-state index contributed by atoms with van der Waals surface area (Å²) in [6.07, 6.45) is 10.3. The van der Waals surface area contributed by atoms with E-state index < -0.39 is 0 Å². The molecule has 0 saturated carbocycles. The van der Waals surface area contributed by atoms with E-state index in [9.17, 15) is 4.79 Å². The van der Waals surface area contributed by atoms with Crippen molar-refractivity contribution in [2.24, 2.45) is 0 Å². The number of amides is 2. The van der Waals surface area contributed by atoms with E-state index >= 15 is 0 Å². The predicted molar refractivity (Wildman–Crippen MR) is 124 cm³/mol. The summed E-state index contributed by atoms with van der Waals surface area (Å²) < 4.78 is 11.3. The smallest absolute Gasteiger partial charge is 0.319 e. The second-order valence-electron chi connectivity index (χ2n) is 7.39. The predicted octanol–water partition coefficient (Wildman–Crippen LogP) is 6.41. The molecule has 0 atom stereocenters. The summed E-state index contributed by atoms with van der Waals surface area (Å²) in [6.45, 7) is 3.84. The van der Waals surface area contributed by atoms with Gasteiger partial charge >= 0.3 is 6.03 Å². The Morgan fingerprint density at radius 3 is 2.03 bits per heavy atom. The Morgan fingerprint density at radius 2 is 1.33 bits per heavy atom. The van der Waals surface area contributed by atoms with Gasteiger partial charge in [-0.2, -0.15) is 0 Å². The maximum absolute atomic E-state index is 12.0. The van der Waals surface area contributed by atoms with Crippen molar-refractivity contribution >= 4 is 11.7 Å². The maximum atomic E-state index is 12.0. The highest BCUT2D eigenvalue weighted by molar-refractivity contribution is 5.89. The maximum Gasteiger partial charge on any atom is 0.319 e. The standard InChI is InChI=1S/C25H36N2O3/c1-2-3-4-5-6-7-8-12-20-29-24-17-15-22(16-18-24)27-25(28)26-19-21-30-23-13-10-9-11-14-23/h9-11,13-18H,2-8,12,19-21H2,1H3,(H2,26,27,28). The number of rotatable bonds is 15. The minimum atomic E-state index is -0.251. The fraction of sp³-hybridized carbons (Fsp3) is 0.480. The monoisotopic (exact) mass is 412 g/mol. The van der Waals surface area contributed by atoms with Crippen LogP contribution < -0.4 is 20.1 Å². The summed E-state index contributed by atoms with van der Waals surface area (Å²) in [5.74, 6) is 1.63. The van der Waals surface area contributed by atoms with Crippen LogP contribution in [-0.4, -0.2) is 25.8 Å². The van der Waals surface area contributed by atoms with Crippen molar-refractivity contribution in [2.45, 2.75) is 58.3 Å². The van der Waals surface area contributed by atoms with E-state index in [1.54, 1.807) is 0 Å². The molecule has 0 radical (unpaired) electrons. The zero-order valence-corrected chi connectivity index (χ0v) is 18.2. The molecule has 0 saturated heterocycles. The highest BCUT2D eigenvalue weighted by Gasteiger charge is 2.02. The van der Waals surface area contributed by atoms with Gasteiger partial charge in [-0.25, -0.2) is 4.79 Å². The minimum Gasteiger partial charge on any atom is -0.494 e. The number of carbonyl (C=O) groups excluding carboxylic acids is 1. The van der Waals surface area contributed by atoms with Gasteiger partial charge in [0.05, 0.1) is 13.2 Å². The van der Waals surface area contributed by atoms with E-state index in [1.807, 2.05) is 54.6 Å². The van der Waals surface area contributed by atoms with Crippen LogP contribution in [0.3, 0.4) is 0 Å². The number of carbonyl (C=O) groups is 1. The van der Waals surface area contributed by atoms with E-state index in [0.717, 1.165) is 30.2 Å². The Hall–Kier alpha value is -2.69. The van der Waals surface area contributed by atoms with Gasteiger partial charge in [-0.3, -0.25) is 0 Å². The number of hydrogen-bond acceptors (Lipinski definition) is 3. The van der Waals surface area contributed by atoms with Crippen LogP contribution in [0.2, 0.25) is 0 Å². The van der Waals surface area contributed by atoms with E-state index in [-0.39, 0.29) is 6.03 Å². The quantitative estimate of drug-likeness (QED) is 0.332. The lowest BCUT2D eigenvalue weighted by Crippen LogP contribution is -2.32. The number of hydrogen-bond donors (Lipinski definition) is 2. The lowest BCUT2D eigenvalue weighted by atomic mass is 10.1. The van der Waals surface area contributed by atoms with Crippen molar-refractivity contribution < 1.29 is 14.3 Å². The molecule has 5 nitrogen and oxygen atoms in total. The Labute approximate surface area is 181 Å². The molecular weight excluding hydrogens is 376 g/mol. The topological polar surface area (TPSA) is 59.6 Å². The van der Waals surface area contributed by atoms with Crippen molar-refractivity contribution in [3.8, 4) is 11.5 Å². The molecule has 0 bridgehead atoms. The minimum absolute atomic E-state index is 0.251. The van der Waals surface area contributed by atoms with Gasteiger partial charge in [0.25, 0.3) is 0 Å². The highest BCUT2D eigenvalue weighted by Crippen LogP contribution is 2.16. The van der Waals surface area contributed by atoms with E-state index in [1.165, 1.54) is 44.9 Å². The molecule has 0 fully saturated rings. The molecule has 0 spiro atoms. The van der Waals surface area contributed by atoms with E-state index in [2.05, 4.69) is 17.6 Å². The third-order valence-corrected chi connectivity index (χ3v) is 4.78. The first kappa shape index (κ1) is 23.6. The average Bonchev–Trinajstić information content (AvgIpc) is 2.77. The molecule has 0 aliphatic rings. The zero-order chi connectivity index (χ0) is 21.3. The van der Waals surface area contributed by atoms with Crippen molar-refractivity contribution in [3.05, 3.63) is 54.6 Å². The molecule has 164 valence electrons. The second kappa shape index (κ2) is 15.2. The van der Waals surface area contributed by atoms with Gasteiger partial charge in [0.15, 0.2) is 0 Å². The molecule has 2 rings (SSSR count). The zero-order valence-electron chi connectivity index (χ0n) is 18.2. The van der Waals surface area contributed by atoms with Gasteiger partial charge in [0, 0.05) is 5.69 Å². The van der Waals surface area contributed by atoms with Crippen LogP contribution in [0.15, 0.2) is 54.6 Å². The Morgan fingerprint density at radius 1 is 0.733 bits per heavy atom. The largest absolute Gasteiger partial charge is 0.494 e. The third kappa shape index (κ3) is 10.7. The molecule has 0 aliphatic heterocycles. The fourth-order valence-corrected chi connectivity index (χ4v) is 3.09. The van der Waals surface area contributed by atoms with Crippen LogP contribution in [0.4, 0.5) is 10.5 Å². The number of nitrogens with one attached hydrogen (secondary N) is 2. The molecule has 0 heterocycles. The molecule has 30 heavy (non-hydrogen) atoms. The number of para-hydroxylation sites is 1. The Balaban J connectivity index is 1.51. The number of benzene rings is 2. The molecule has 2 amide bonds. The summed E-state index contributed by atoms with van der Waals surface area (Å²) in [5, 5.41) is 5.59. The summed E-state index contributed by atoms with van der Waals surface area (Å²) >= 11 is 0. The molecular formula is C25H36N2O3. The fourth-order valence-electron chi connectivity index (χ4n) is 3.09. The van der Waals surface area contributed by atoms with Crippen LogP contribution in [0, 0.1) is 0 Å². The first-order chi connectivity index (χ1) is 14.8. The first-order valence-corrected chi connectivity index (χ1v) is 11.2. The second-order valence-corrected chi connectivity index (χ2v) is 7.39. The lowest BCUT2D eigenvalue weighted by Gasteiger charge is -2.10. The van der Waals surface area contributed by atoms with Gasteiger partial charge in [0.1, 0.15) is 18.1 Å². The van der Waals surface area contributed by atoms with Crippen molar-refractivity contribution in [1.29, 1.82) is 0 Å². The summed E-state index contributed by atoms with van der Waals surface area (Å²) in [5.41, 5.74) is 0.732. The molecule has 2 N–H and O–H groups in total. The molecule has 0 aromatic heterocycles.